The molecule has 2 heterocycles. The lowest BCUT2D eigenvalue weighted by Gasteiger charge is -2.16. The number of nitrogens with zero attached hydrogens (tertiary/aromatic N) is 1. The fraction of sp³-hybridized carbons (Fsp3) is 0.286. The molecule has 0 aliphatic heterocycles. The minimum atomic E-state index is -0.476. The molecule has 1 atom stereocenters. The minimum absolute atomic E-state index is 0.132. The van der Waals surface area contributed by atoms with Gasteiger partial charge >= 0.3 is 0 Å². The van der Waals surface area contributed by atoms with Crippen molar-refractivity contribution in [2.45, 2.75) is 25.8 Å². The van der Waals surface area contributed by atoms with Crippen molar-refractivity contribution in [2.24, 2.45) is 0 Å². The Labute approximate surface area is 120 Å². The van der Waals surface area contributed by atoms with Crippen molar-refractivity contribution in [2.75, 3.05) is 0 Å². The molecule has 0 aromatic carbocycles. The summed E-state index contributed by atoms with van der Waals surface area (Å²) in [7, 11) is 0. The summed E-state index contributed by atoms with van der Waals surface area (Å²) in [6.45, 7) is 1.93. The van der Waals surface area contributed by atoms with Gasteiger partial charge in [0, 0.05) is 17.8 Å². The van der Waals surface area contributed by atoms with Gasteiger partial charge < -0.3 is 5.32 Å². The van der Waals surface area contributed by atoms with Gasteiger partial charge in [-0.3, -0.25) is 29.6 Å². The van der Waals surface area contributed by atoms with Crippen molar-refractivity contribution >= 4 is 5.91 Å². The van der Waals surface area contributed by atoms with E-state index in [9.17, 15) is 14.4 Å². The maximum Gasteiger partial charge on any atom is 0.266 e. The van der Waals surface area contributed by atoms with Gasteiger partial charge in [0.15, 0.2) is 0 Å². The van der Waals surface area contributed by atoms with E-state index in [2.05, 4.69) is 20.5 Å². The highest BCUT2D eigenvalue weighted by molar-refractivity contribution is 5.78. The maximum atomic E-state index is 12.0. The number of amides is 1. The number of hydrogen-bond acceptors (Lipinski definition) is 4. The molecule has 2 aromatic heterocycles. The van der Waals surface area contributed by atoms with E-state index in [-0.39, 0.29) is 23.9 Å². The van der Waals surface area contributed by atoms with Crippen molar-refractivity contribution in [1.29, 1.82) is 0 Å². The molecular formula is C14H16N4O3. The minimum Gasteiger partial charge on any atom is -0.347 e. The van der Waals surface area contributed by atoms with Crippen LogP contribution in [-0.4, -0.2) is 21.1 Å². The molecule has 2 rings (SSSR count). The molecule has 1 amide bonds. The summed E-state index contributed by atoms with van der Waals surface area (Å²) in [5.41, 5.74) is -0.0369. The predicted molar refractivity (Wildman–Crippen MR) is 76.8 cm³/mol. The number of carbonyl (C=O) groups is 1. The molecule has 0 spiro atoms. The third-order valence-electron chi connectivity index (χ3n) is 3.04. The molecule has 0 aliphatic rings. The number of carbonyl (C=O) groups excluding carboxylic acids is 1. The second-order valence-electron chi connectivity index (χ2n) is 4.57. The van der Waals surface area contributed by atoms with Crippen LogP contribution in [0.3, 0.4) is 0 Å². The second-order valence-corrected chi connectivity index (χ2v) is 4.57. The molecule has 0 bridgehead atoms. The molecular weight excluding hydrogens is 272 g/mol. The third kappa shape index (κ3) is 3.88. The zero-order valence-corrected chi connectivity index (χ0v) is 11.6. The average molecular weight is 288 g/mol. The zero-order valence-electron chi connectivity index (χ0n) is 11.6. The van der Waals surface area contributed by atoms with Gasteiger partial charge in [-0.1, -0.05) is 13.0 Å². The Morgan fingerprint density at radius 1 is 1.33 bits per heavy atom. The Balaban J connectivity index is 2.09. The topological polar surface area (TPSA) is 108 Å². The largest absolute Gasteiger partial charge is 0.347 e. The number of nitrogens with one attached hydrogen (secondary N) is 3. The van der Waals surface area contributed by atoms with Crippen molar-refractivity contribution in [3.8, 4) is 0 Å². The third-order valence-corrected chi connectivity index (χ3v) is 3.04. The second kappa shape index (κ2) is 6.65. The Hall–Kier alpha value is -2.70. The lowest BCUT2D eigenvalue weighted by Crippen LogP contribution is -2.32. The summed E-state index contributed by atoms with van der Waals surface area (Å²) in [5, 5.41) is 7.16. The lowest BCUT2D eigenvalue weighted by atomic mass is 10.1. The number of pyridine rings is 1. The Morgan fingerprint density at radius 2 is 2.14 bits per heavy atom. The van der Waals surface area contributed by atoms with Crippen LogP contribution >= 0.6 is 0 Å². The van der Waals surface area contributed by atoms with Crippen LogP contribution in [0.1, 0.15) is 30.6 Å². The first-order chi connectivity index (χ1) is 10.1. The molecule has 0 aliphatic carbocycles. The quantitative estimate of drug-likeness (QED) is 0.733. The average Bonchev–Trinajstić information content (AvgIpc) is 2.49. The normalized spacial score (nSPS) is 11.9. The number of rotatable bonds is 5. The van der Waals surface area contributed by atoms with E-state index in [4.69, 9.17) is 0 Å². The first-order valence-electron chi connectivity index (χ1n) is 6.61. The lowest BCUT2D eigenvalue weighted by molar-refractivity contribution is -0.121. The predicted octanol–water partition coefficient (Wildman–Crippen LogP) is 0.268. The summed E-state index contributed by atoms with van der Waals surface area (Å²) in [4.78, 5) is 38.9. The fourth-order valence-electron chi connectivity index (χ4n) is 1.98. The molecule has 7 heteroatoms. The summed E-state index contributed by atoms with van der Waals surface area (Å²) in [6.07, 6.45) is 2.18. The maximum absolute atomic E-state index is 12.0. The van der Waals surface area contributed by atoms with Gasteiger partial charge in [-0.2, -0.15) is 0 Å². The van der Waals surface area contributed by atoms with Crippen molar-refractivity contribution in [3.05, 3.63) is 62.4 Å². The highest BCUT2D eigenvalue weighted by Crippen LogP contribution is 2.13. The highest BCUT2D eigenvalue weighted by Gasteiger charge is 2.15. The van der Waals surface area contributed by atoms with Crippen LogP contribution in [0.4, 0.5) is 0 Å². The molecule has 7 nitrogen and oxygen atoms in total. The molecule has 0 unspecified atom stereocenters. The zero-order chi connectivity index (χ0) is 15.2. The summed E-state index contributed by atoms with van der Waals surface area (Å²) >= 11 is 0. The molecule has 110 valence electrons. The van der Waals surface area contributed by atoms with Crippen LogP contribution in [0.2, 0.25) is 0 Å². The molecule has 0 radical (unpaired) electrons. The molecule has 21 heavy (non-hydrogen) atoms. The smallest absolute Gasteiger partial charge is 0.266 e. The Bertz CT molecular complexity index is 721. The van der Waals surface area contributed by atoms with E-state index in [1.54, 1.807) is 12.3 Å². The van der Waals surface area contributed by atoms with E-state index in [1.807, 2.05) is 19.1 Å². The molecule has 0 saturated heterocycles. The van der Waals surface area contributed by atoms with E-state index in [0.717, 1.165) is 11.8 Å². The number of H-pyrrole nitrogens is 2. The van der Waals surface area contributed by atoms with Crippen molar-refractivity contribution in [1.82, 2.24) is 20.5 Å². The standard InChI is InChI=1S/C14H16N4O3/c1-2-10(11-5-3-4-6-15-11)16-12(19)7-9-8-13(20)17-18-14(9)21/h3-6,8,10H,2,7H2,1H3,(H,16,19)(H,17,20)(H,18,21)/t10-/m0/s1. The number of aromatic nitrogens is 3. The van der Waals surface area contributed by atoms with Crippen LogP contribution in [0.5, 0.6) is 0 Å². The number of aromatic amines is 2. The fourth-order valence-corrected chi connectivity index (χ4v) is 1.98. The summed E-state index contributed by atoms with van der Waals surface area (Å²) in [5.74, 6) is -0.330. The van der Waals surface area contributed by atoms with Gasteiger partial charge in [-0.15, -0.1) is 0 Å². The summed E-state index contributed by atoms with van der Waals surface area (Å²) < 4.78 is 0. The number of hydrogen-bond donors (Lipinski definition) is 3. The van der Waals surface area contributed by atoms with E-state index in [1.165, 1.54) is 0 Å². The van der Waals surface area contributed by atoms with Gasteiger partial charge in [0.1, 0.15) is 0 Å². The molecule has 3 N–H and O–H groups in total. The van der Waals surface area contributed by atoms with Crippen LogP contribution < -0.4 is 16.4 Å². The van der Waals surface area contributed by atoms with E-state index < -0.39 is 11.1 Å². The van der Waals surface area contributed by atoms with E-state index >= 15 is 0 Å². The van der Waals surface area contributed by atoms with Gasteiger partial charge in [0.25, 0.3) is 11.1 Å². The monoisotopic (exact) mass is 288 g/mol. The van der Waals surface area contributed by atoms with Gasteiger partial charge in [-0.05, 0) is 18.6 Å². The van der Waals surface area contributed by atoms with Gasteiger partial charge in [0.2, 0.25) is 5.91 Å². The molecule has 0 saturated carbocycles. The highest BCUT2D eigenvalue weighted by atomic mass is 16.2. The van der Waals surface area contributed by atoms with Crippen molar-refractivity contribution < 1.29 is 4.79 Å². The van der Waals surface area contributed by atoms with Crippen LogP contribution in [0.25, 0.3) is 0 Å². The first-order valence-corrected chi connectivity index (χ1v) is 6.61. The van der Waals surface area contributed by atoms with E-state index in [0.29, 0.717) is 6.42 Å². The van der Waals surface area contributed by atoms with Crippen LogP contribution in [0, 0.1) is 0 Å². The van der Waals surface area contributed by atoms with Gasteiger partial charge in [0.05, 0.1) is 18.2 Å². The van der Waals surface area contributed by atoms with Crippen LogP contribution in [-0.2, 0) is 11.2 Å². The first kappa shape index (κ1) is 14.7. The van der Waals surface area contributed by atoms with Gasteiger partial charge in [-0.25, -0.2) is 0 Å². The Morgan fingerprint density at radius 3 is 2.81 bits per heavy atom. The van der Waals surface area contributed by atoms with Crippen LogP contribution in [0.15, 0.2) is 40.1 Å². The molecule has 2 aromatic rings. The SMILES string of the molecule is CC[C@H](NC(=O)Cc1cc(=O)[nH][nH]c1=O)c1ccccn1. The Kier molecular flexibility index (Phi) is 4.65. The molecule has 0 fully saturated rings. The summed E-state index contributed by atoms with van der Waals surface area (Å²) in [6, 6.07) is 6.38. The van der Waals surface area contributed by atoms with Crippen molar-refractivity contribution in [3.63, 3.8) is 0 Å².